The first kappa shape index (κ1) is 15.5. The summed E-state index contributed by atoms with van der Waals surface area (Å²) in [4.78, 5) is 0. The van der Waals surface area contributed by atoms with Gasteiger partial charge in [0.1, 0.15) is 5.75 Å². The highest BCUT2D eigenvalue weighted by Crippen LogP contribution is 2.13. The second kappa shape index (κ2) is 8.55. The number of rotatable bonds is 8. The highest BCUT2D eigenvalue weighted by Gasteiger charge is 2.04. The third-order valence-corrected chi connectivity index (χ3v) is 2.73. The normalized spacial score (nSPS) is 12.2. The molecule has 0 amide bonds. The lowest BCUT2D eigenvalue weighted by Crippen LogP contribution is -2.13. The predicted molar refractivity (Wildman–Crippen MR) is 76.1 cm³/mol. The summed E-state index contributed by atoms with van der Waals surface area (Å²) < 4.78 is 11.3. The van der Waals surface area contributed by atoms with Gasteiger partial charge in [-0.05, 0) is 37.5 Å². The van der Waals surface area contributed by atoms with Crippen LogP contribution >= 0.6 is 0 Å². The molecule has 0 bridgehead atoms. The van der Waals surface area contributed by atoms with Gasteiger partial charge in [-0.1, -0.05) is 19.9 Å². The summed E-state index contributed by atoms with van der Waals surface area (Å²) in [6.45, 7) is 7.84. The first-order valence-corrected chi connectivity index (χ1v) is 6.86. The SMILES string of the molecule is CC(C)CC(C)OCCCOc1cccc(C#N)c1. The molecular formula is C16H23NO2. The van der Waals surface area contributed by atoms with Gasteiger partial charge in [0.15, 0.2) is 0 Å². The van der Waals surface area contributed by atoms with Crippen LogP contribution in [0, 0.1) is 17.2 Å². The van der Waals surface area contributed by atoms with Crippen LogP contribution in [0.25, 0.3) is 0 Å². The Morgan fingerprint density at radius 1 is 1.21 bits per heavy atom. The second-order valence-electron chi connectivity index (χ2n) is 5.15. The van der Waals surface area contributed by atoms with Crippen LogP contribution in [0.5, 0.6) is 5.75 Å². The largest absolute Gasteiger partial charge is 0.493 e. The molecule has 1 aromatic carbocycles. The van der Waals surface area contributed by atoms with Crippen molar-refractivity contribution in [2.75, 3.05) is 13.2 Å². The summed E-state index contributed by atoms with van der Waals surface area (Å²) in [5.41, 5.74) is 0.624. The van der Waals surface area contributed by atoms with Gasteiger partial charge in [-0.2, -0.15) is 5.26 Å². The number of hydrogen-bond acceptors (Lipinski definition) is 3. The minimum atomic E-state index is 0.307. The average Bonchev–Trinajstić information content (AvgIpc) is 2.37. The molecule has 0 aliphatic carbocycles. The molecule has 19 heavy (non-hydrogen) atoms. The minimum Gasteiger partial charge on any atom is -0.493 e. The van der Waals surface area contributed by atoms with Gasteiger partial charge in [0.05, 0.1) is 31.0 Å². The molecule has 0 aliphatic heterocycles. The predicted octanol–water partition coefficient (Wildman–Crippen LogP) is 3.78. The lowest BCUT2D eigenvalue weighted by molar-refractivity contribution is 0.0447. The Morgan fingerprint density at radius 2 is 2.00 bits per heavy atom. The van der Waals surface area contributed by atoms with Crippen LogP contribution in [0.4, 0.5) is 0 Å². The smallest absolute Gasteiger partial charge is 0.120 e. The Morgan fingerprint density at radius 3 is 2.68 bits per heavy atom. The van der Waals surface area contributed by atoms with Gasteiger partial charge < -0.3 is 9.47 Å². The summed E-state index contributed by atoms with van der Waals surface area (Å²) in [6.07, 6.45) is 2.26. The van der Waals surface area contributed by atoms with Crippen LogP contribution < -0.4 is 4.74 Å². The summed E-state index contributed by atoms with van der Waals surface area (Å²) in [5.74, 6) is 1.41. The number of hydrogen-bond donors (Lipinski definition) is 0. The molecule has 3 nitrogen and oxygen atoms in total. The lowest BCUT2D eigenvalue weighted by atomic mass is 10.1. The standard InChI is InChI=1S/C16H23NO2/c1-13(2)10-14(3)18-8-5-9-19-16-7-4-6-15(11-16)12-17/h4,6-7,11,13-14H,5,8-10H2,1-3H3. The van der Waals surface area contributed by atoms with E-state index in [4.69, 9.17) is 14.7 Å². The maximum absolute atomic E-state index is 8.78. The molecule has 0 heterocycles. The van der Waals surface area contributed by atoms with Gasteiger partial charge in [-0.15, -0.1) is 0 Å². The fraction of sp³-hybridized carbons (Fsp3) is 0.562. The molecule has 0 spiro atoms. The van der Waals surface area contributed by atoms with Crippen LogP contribution in [-0.2, 0) is 4.74 Å². The van der Waals surface area contributed by atoms with Crippen molar-refractivity contribution >= 4 is 0 Å². The highest BCUT2D eigenvalue weighted by molar-refractivity contribution is 5.36. The molecule has 1 unspecified atom stereocenters. The Labute approximate surface area is 116 Å². The van der Waals surface area contributed by atoms with E-state index in [9.17, 15) is 0 Å². The lowest BCUT2D eigenvalue weighted by Gasteiger charge is -2.15. The zero-order valence-electron chi connectivity index (χ0n) is 12.1. The topological polar surface area (TPSA) is 42.2 Å². The van der Waals surface area contributed by atoms with Gasteiger partial charge >= 0.3 is 0 Å². The first-order chi connectivity index (χ1) is 9.11. The summed E-state index contributed by atoms with van der Waals surface area (Å²) >= 11 is 0. The van der Waals surface area contributed by atoms with Crippen LogP contribution in [0.2, 0.25) is 0 Å². The molecule has 0 radical (unpaired) electrons. The fourth-order valence-corrected chi connectivity index (χ4v) is 1.92. The molecule has 0 saturated carbocycles. The van der Waals surface area contributed by atoms with E-state index in [0.717, 1.165) is 18.6 Å². The molecule has 0 aromatic heterocycles. The van der Waals surface area contributed by atoms with Crippen molar-refractivity contribution in [3.05, 3.63) is 29.8 Å². The summed E-state index contributed by atoms with van der Waals surface area (Å²) in [6, 6.07) is 9.31. The number of nitriles is 1. The van der Waals surface area contributed by atoms with E-state index in [-0.39, 0.29) is 0 Å². The van der Waals surface area contributed by atoms with Gasteiger partial charge in [-0.25, -0.2) is 0 Å². The van der Waals surface area contributed by atoms with Crippen molar-refractivity contribution in [2.45, 2.75) is 39.7 Å². The summed E-state index contributed by atoms with van der Waals surface area (Å²) in [7, 11) is 0. The Balaban J connectivity index is 2.15. The maximum atomic E-state index is 8.78. The number of nitrogens with zero attached hydrogens (tertiary/aromatic N) is 1. The third-order valence-electron chi connectivity index (χ3n) is 2.73. The van der Waals surface area contributed by atoms with E-state index in [0.29, 0.717) is 30.8 Å². The third kappa shape index (κ3) is 6.83. The zero-order chi connectivity index (χ0) is 14.1. The van der Waals surface area contributed by atoms with E-state index in [1.807, 2.05) is 12.1 Å². The van der Waals surface area contributed by atoms with Gasteiger partial charge in [0, 0.05) is 6.42 Å². The Kier molecular flexibility index (Phi) is 6.99. The molecule has 0 aliphatic rings. The van der Waals surface area contributed by atoms with Gasteiger partial charge in [0.25, 0.3) is 0 Å². The van der Waals surface area contributed by atoms with Crippen molar-refractivity contribution in [1.82, 2.24) is 0 Å². The number of ether oxygens (including phenoxy) is 2. The maximum Gasteiger partial charge on any atom is 0.120 e. The molecule has 0 fully saturated rings. The monoisotopic (exact) mass is 261 g/mol. The van der Waals surface area contributed by atoms with Crippen molar-refractivity contribution in [2.24, 2.45) is 5.92 Å². The van der Waals surface area contributed by atoms with Gasteiger partial charge in [0.2, 0.25) is 0 Å². The quantitative estimate of drug-likeness (QED) is 0.669. The van der Waals surface area contributed by atoms with E-state index >= 15 is 0 Å². The van der Waals surface area contributed by atoms with Crippen molar-refractivity contribution in [1.29, 1.82) is 5.26 Å². The van der Waals surface area contributed by atoms with Crippen LogP contribution in [0.15, 0.2) is 24.3 Å². The molecule has 0 N–H and O–H groups in total. The van der Waals surface area contributed by atoms with E-state index in [1.165, 1.54) is 0 Å². The first-order valence-electron chi connectivity index (χ1n) is 6.86. The molecular weight excluding hydrogens is 238 g/mol. The van der Waals surface area contributed by atoms with E-state index in [1.54, 1.807) is 12.1 Å². The summed E-state index contributed by atoms with van der Waals surface area (Å²) in [5, 5.41) is 8.78. The van der Waals surface area contributed by atoms with E-state index < -0.39 is 0 Å². The molecule has 104 valence electrons. The van der Waals surface area contributed by atoms with Gasteiger partial charge in [-0.3, -0.25) is 0 Å². The highest BCUT2D eigenvalue weighted by atomic mass is 16.5. The zero-order valence-corrected chi connectivity index (χ0v) is 12.1. The molecule has 0 saturated heterocycles. The number of benzene rings is 1. The fourth-order valence-electron chi connectivity index (χ4n) is 1.92. The average molecular weight is 261 g/mol. The van der Waals surface area contributed by atoms with Crippen LogP contribution in [0.3, 0.4) is 0 Å². The molecule has 1 aromatic rings. The Bertz CT molecular complexity index is 409. The molecule has 3 heteroatoms. The van der Waals surface area contributed by atoms with Crippen molar-refractivity contribution < 1.29 is 9.47 Å². The minimum absolute atomic E-state index is 0.307. The molecule has 1 rings (SSSR count). The molecule has 1 atom stereocenters. The van der Waals surface area contributed by atoms with Crippen molar-refractivity contribution in [3.63, 3.8) is 0 Å². The van der Waals surface area contributed by atoms with E-state index in [2.05, 4.69) is 26.8 Å². The second-order valence-corrected chi connectivity index (χ2v) is 5.15. The van der Waals surface area contributed by atoms with Crippen LogP contribution in [-0.4, -0.2) is 19.3 Å². The van der Waals surface area contributed by atoms with Crippen molar-refractivity contribution in [3.8, 4) is 11.8 Å². The Hall–Kier alpha value is -1.53. The van der Waals surface area contributed by atoms with Crippen LogP contribution in [0.1, 0.15) is 39.2 Å².